The van der Waals surface area contributed by atoms with E-state index in [0.29, 0.717) is 5.69 Å². The molecule has 1 aromatic heterocycles. The number of hydrogen-bond acceptors (Lipinski definition) is 4. The Morgan fingerprint density at radius 3 is 2.60 bits per heavy atom. The van der Waals surface area contributed by atoms with Crippen LogP contribution in [0.4, 0.5) is 5.69 Å². The fourth-order valence-corrected chi connectivity index (χ4v) is 0.507. The summed E-state index contributed by atoms with van der Waals surface area (Å²) in [5.74, 6) is -0.144. The van der Waals surface area contributed by atoms with E-state index in [-0.39, 0.29) is 5.91 Å². The van der Waals surface area contributed by atoms with Crippen LogP contribution in [0.3, 0.4) is 0 Å². The van der Waals surface area contributed by atoms with Crippen molar-refractivity contribution in [2.45, 2.75) is 6.92 Å². The lowest BCUT2D eigenvalue weighted by Crippen LogP contribution is -2.06. The molecule has 0 spiro atoms. The second kappa shape index (κ2) is 2.86. The summed E-state index contributed by atoms with van der Waals surface area (Å²) in [5.41, 5.74) is 0.558. The zero-order chi connectivity index (χ0) is 7.40. The minimum Gasteiger partial charge on any atom is -0.324 e. The molecule has 0 atom stereocenters. The van der Waals surface area contributed by atoms with Crippen LogP contribution in [0.2, 0.25) is 0 Å². The molecule has 0 bridgehead atoms. The predicted octanol–water partition coefficient (Wildman–Crippen LogP) is -0.170. The van der Waals surface area contributed by atoms with Gasteiger partial charge in [0.05, 0.1) is 18.1 Å². The van der Waals surface area contributed by atoms with E-state index in [9.17, 15) is 4.79 Å². The lowest BCUT2D eigenvalue weighted by atomic mass is 10.5. The van der Waals surface area contributed by atoms with Gasteiger partial charge in [-0.2, -0.15) is 0 Å². The van der Waals surface area contributed by atoms with Crippen molar-refractivity contribution in [1.82, 2.24) is 15.4 Å². The van der Waals surface area contributed by atoms with Gasteiger partial charge in [-0.15, -0.1) is 10.2 Å². The first kappa shape index (κ1) is 6.60. The summed E-state index contributed by atoms with van der Waals surface area (Å²) < 4.78 is 0. The van der Waals surface area contributed by atoms with Gasteiger partial charge in [-0.05, 0) is 5.21 Å². The van der Waals surface area contributed by atoms with E-state index in [2.05, 4.69) is 20.7 Å². The quantitative estimate of drug-likeness (QED) is 0.585. The minimum absolute atomic E-state index is 0.144. The first-order chi connectivity index (χ1) is 4.79. The Morgan fingerprint density at radius 2 is 2.10 bits per heavy atom. The minimum atomic E-state index is -0.144. The highest BCUT2D eigenvalue weighted by molar-refractivity contribution is 5.88. The summed E-state index contributed by atoms with van der Waals surface area (Å²) >= 11 is 0. The van der Waals surface area contributed by atoms with Gasteiger partial charge in [-0.25, -0.2) is 0 Å². The Hall–Kier alpha value is -1.52. The molecule has 10 heavy (non-hydrogen) atoms. The third-order valence-corrected chi connectivity index (χ3v) is 0.817. The Kier molecular flexibility index (Phi) is 1.89. The summed E-state index contributed by atoms with van der Waals surface area (Å²) in [4.78, 5) is 10.4. The molecule has 0 fully saturated rings. The summed E-state index contributed by atoms with van der Waals surface area (Å²) in [5, 5.41) is 12.7. The first-order valence-electron chi connectivity index (χ1n) is 2.70. The van der Waals surface area contributed by atoms with Crippen molar-refractivity contribution in [3.05, 3.63) is 12.4 Å². The van der Waals surface area contributed by atoms with Crippen LogP contribution >= 0.6 is 0 Å². The van der Waals surface area contributed by atoms with Gasteiger partial charge in [0.1, 0.15) is 0 Å². The lowest BCUT2D eigenvalue weighted by Gasteiger charge is -1.95. The monoisotopic (exact) mass is 138 g/mol. The van der Waals surface area contributed by atoms with Gasteiger partial charge < -0.3 is 5.32 Å². The normalized spacial score (nSPS) is 8.90. The fraction of sp³-hybridized carbons (Fsp3) is 0.200. The number of carbonyl (C=O) groups excluding carboxylic acids is 1. The van der Waals surface area contributed by atoms with Crippen LogP contribution in [0.1, 0.15) is 6.92 Å². The number of nitrogens with one attached hydrogen (secondary N) is 1. The lowest BCUT2D eigenvalue weighted by molar-refractivity contribution is -0.114. The van der Waals surface area contributed by atoms with E-state index < -0.39 is 0 Å². The van der Waals surface area contributed by atoms with E-state index in [0.717, 1.165) is 0 Å². The van der Waals surface area contributed by atoms with Crippen molar-refractivity contribution < 1.29 is 4.79 Å². The number of nitrogens with zero attached hydrogens (tertiary/aromatic N) is 3. The second-order valence-corrected chi connectivity index (χ2v) is 1.72. The van der Waals surface area contributed by atoms with Crippen LogP contribution in [-0.2, 0) is 4.79 Å². The summed E-state index contributed by atoms with van der Waals surface area (Å²) in [6.45, 7) is 1.42. The molecule has 0 aromatic carbocycles. The Bertz CT molecular complexity index is 222. The zero-order valence-corrected chi connectivity index (χ0v) is 5.40. The van der Waals surface area contributed by atoms with Crippen LogP contribution in [0, 0.1) is 0 Å². The van der Waals surface area contributed by atoms with E-state index in [1.165, 1.54) is 19.3 Å². The molecule has 0 aliphatic carbocycles. The molecule has 1 amide bonds. The van der Waals surface area contributed by atoms with Crippen LogP contribution in [0.15, 0.2) is 12.4 Å². The van der Waals surface area contributed by atoms with Crippen molar-refractivity contribution >= 4 is 11.6 Å². The smallest absolute Gasteiger partial charge is 0.221 e. The molecule has 0 radical (unpaired) electrons. The third kappa shape index (κ3) is 1.77. The highest BCUT2D eigenvalue weighted by Crippen LogP contribution is 1.97. The molecule has 1 rings (SSSR count). The van der Waals surface area contributed by atoms with E-state index in [4.69, 9.17) is 0 Å². The Balaban J connectivity index is 2.67. The van der Waals surface area contributed by atoms with Gasteiger partial charge in [0, 0.05) is 6.92 Å². The van der Waals surface area contributed by atoms with Gasteiger partial charge in [-0.1, -0.05) is 0 Å². The molecule has 0 unspecified atom stereocenters. The molecule has 0 saturated carbocycles. The maximum Gasteiger partial charge on any atom is 0.221 e. The standard InChI is InChI=1S/C5H6N4O/c1-4(10)8-5-2-6-9-7-3-5/h2-3H,1H3,(H,8,9,10). The highest BCUT2D eigenvalue weighted by atomic mass is 16.1. The highest BCUT2D eigenvalue weighted by Gasteiger charge is 1.92. The van der Waals surface area contributed by atoms with Crippen molar-refractivity contribution in [3.63, 3.8) is 0 Å². The predicted molar refractivity (Wildman–Crippen MR) is 34.1 cm³/mol. The molecule has 1 aromatic rings. The number of carbonyl (C=O) groups is 1. The number of aromatic nitrogens is 3. The number of rotatable bonds is 1. The number of anilines is 1. The van der Waals surface area contributed by atoms with Crippen molar-refractivity contribution in [2.75, 3.05) is 5.32 Å². The van der Waals surface area contributed by atoms with Crippen LogP contribution in [-0.4, -0.2) is 21.3 Å². The van der Waals surface area contributed by atoms with E-state index in [1.54, 1.807) is 0 Å². The Morgan fingerprint density at radius 1 is 1.50 bits per heavy atom. The van der Waals surface area contributed by atoms with Crippen LogP contribution in [0.5, 0.6) is 0 Å². The van der Waals surface area contributed by atoms with Gasteiger partial charge >= 0.3 is 0 Å². The molecule has 5 heteroatoms. The first-order valence-corrected chi connectivity index (χ1v) is 2.70. The van der Waals surface area contributed by atoms with E-state index in [1.807, 2.05) is 0 Å². The van der Waals surface area contributed by atoms with Gasteiger partial charge in [0.2, 0.25) is 5.91 Å². The Labute approximate surface area is 57.5 Å². The van der Waals surface area contributed by atoms with Gasteiger partial charge in [-0.3, -0.25) is 4.79 Å². The maximum atomic E-state index is 10.4. The molecule has 1 N–H and O–H groups in total. The van der Waals surface area contributed by atoms with Crippen molar-refractivity contribution in [1.29, 1.82) is 0 Å². The molecule has 52 valence electrons. The van der Waals surface area contributed by atoms with Crippen molar-refractivity contribution in [3.8, 4) is 0 Å². The van der Waals surface area contributed by atoms with Crippen molar-refractivity contribution in [2.24, 2.45) is 0 Å². The van der Waals surface area contributed by atoms with Crippen LogP contribution in [0.25, 0.3) is 0 Å². The third-order valence-electron chi connectivity index (χ3n) is 0.817. The molecule has 0 saturated heterocycles. The van der Waals surface area contributed by atoms with Gasteiger partial charge in [0.15, 0.2) is 0 Å². The SMILES string of the molecule is CC(=O)Nc1cnnnc1. The average molecular weight is 138 g/mol. The molecular weight excluding hydrogens is 132 g/mol. The average Bonchev–Trinajstić information content (AvgIpc) is 1.88. The second-order valence-electron chi connectivity index (χ2n) is 1.72. The molecule has 0 aliphatic rings. The summed E-state index contributed by atoms with van der Waals surface area (Å²) in [6, 6.07) is 0. The summed E-state index contributed by atoms with van der Waals surface area (Å²) in [6.07, 6.45) is 2.85. The maximum absolute atomic E-state index is 10.4. The topological polar surface area (TPSA) is 67.8 Å². The largest absolute Gasteiger partial charge is 0.324 e. The van der Waals surface area contributed by atoms with Gasteiger partial charge in [0.25, 0.3) is 0 Å². The summed E-state index contributed by atoms with van der Waals surface area (Å²) in [7, 11) is 0. The molecule has 5 nitrogen and oxygen atoms in total. The molecule has 1 heterocycles. The fourth-order valence-electron chi connectivity index (χ4n) is 0.507. The molecule has 0 aliphatic heterocycles. The number of amides is 1. The number of hydrogen-bond donors (Lipinski definition) is 1. The van der Waals surface area contributed by atoms with Crippen LogP contribution < -0.4 is 5.32 Å². The molecular formula is C5H6N4O. The zero-order valence-electron chi connectivity index (χ0n) is 5.40. The van der Waals surface area contributed by atoms with E-state index >= 15 is 0 Å².